The van der Waals surface area contributed by atoms with E-state index in [1.165, 1.54) is 0 Å². The minimum Gasteiger partial charge on any atom is -0.385 e. The van der Waals surface area contributed by atoms with E-state index in [0.717, 1.165) is 39.2 Å². The van der Waals surface area contributed by atoms with Crippen molar-refractivity contribution in [3.63, 3.8) is 0 Å². The highest BCUT2D eigenvalue weighted by Gasteiger charge is 2.27. The van der Waals surface area contributed by atoms with Gasteiger partial charge in [-0.1, -0.05) is 0 Å². The van der Waals surface area contributed by atoms with Crippen molar-refractivity contribution in [1.29, 1.82) is 0 Å². The van der Waals surface area contributed by atoms with Gasteiger partial charge in [0.05, 0.1) is 6.61 Å². The summed E-state index contributed by atoms with van der Waals surface area (Å²) >= 11 is 0. The summed E-state index contributed by atoms with van der Waals surface area (Å²) in [7, 11) is 5.95. The molecule has 0 radical (unpaired) electrons. The van der Waals surface area contributed by atoms with E-state index in [-0.39, 0.29) is 0 Å². The van der Waals surface area contributed by atoms with Crippen LogP contribution in [0.15, 0.2) is 0 Å². The Morgan fingerprint density at radius 1 is 1.53 bits per heavy atom. The lowest BCUT2D eigenvalue weighted by Crippen LogP contribution is -2.53. The second kappa shape index (κ2) is 7.17. The summed E-state index contributed by atoms with van der Waals surface area (Å²) in [6.07, 6.45) is 2.19. The van der Waals surface area contributed by atoms with Crippen LogP contribution in [-0.2, 0) is 9.47 Å². The molecule has 0 amide bonds. The van der Waals surface area contributed by atoms with Crippen LogP contribution in [-0.4, -0.2) is 64.6 Å². The molecular formula is C11H24N2O2. The molecule has 15 heavy (non-hydrogen) atoms. The van der Waals surface area contributed by atoms with E-state index in [4.69, 9.17) is 9.47 Å². The third-order valence-corrected chi connectivity index (χ3v) is 3.12. The summed E-state index contributed by atoms with van der Waals surface area (Å²) in [6, 6.07) is 1.06. The molecule has 0 aliphatic carbocycles. The molecule has 1 rings (SSSR count). The Morgan fingerprint density at radius 3 is 3.00 bits per heavy atom. The van der Waals surface area contributed by atoms with Gasteiger partial charge >= 0.3 is 0 Å². The molecule has 1 aliphatic heterocycles. The Kier molecular flexibility index (Phi) is 6.17. The molecule has 0 bridgehead atoms. The van der Waals surface area contributed by atoms with Crippen molar-refractivity contribution in [2.75, 3.05) is 47.6 Å². The van der Waals surface area contributed by atoms with Crippen LogP contribution in [0.3, 0.4) is 0 Å². The zero-order chi connectivity index (χ0) is 11.1. The lowest BCUT2D eigenvalue weighted by Gasteiger charge is -2.37. The smallest absolute Gasteiger partial charge is 0.0636 e. The largest absolute Gasteiger partial charge is 0.385 e. The van der Waals surface area contributed by atoms with Gasteiger partial charge in [0.15, 0.2) is 0 Å². The van der Waals surface area contributed by atoms with Crippen LogP contribution in [0.5, 0.6) is 0 Å². The Balaban J connectivity index is 2.31. The Bertz CT molecular complexity index is 167. The number of hydrogen-bond donors (Lipinski definition) is 1. The highest BCUT2D eigenvalue weighted by molar-refractivity contribution is 4.85. The van der Waals surface area contributed by atoms with E-state index < -0.39 is 0 Å². The maximum atomic E-state index is 5.53. The van der Waals surface area contributed by atoms with Crippen LogP contribution >= 0.6 is 0 Å². The van der Waals surface area contributed by atoms with E-state index in [2.05, 4.69) is 17.3 Å². The zero-order valence-corrected chi connectivity index (χ0v) is 10.2. The fourth-order valence-corrected chi connectivity index (χ4v) is 2.12. The molecule has 2 atom stereocenters. The van der Waals surface area contributed by atoms with Crippen LogP contribution in [0.2, 0.25) is 0 Å². The minimum absolute atomic E-state index is 0.501. The van der Waals surface area contributed by atoms with Gasteiger partial charge in [0.2, 0.25) is 0 Å². The first kappa shape index (κ1) is 12.9. The fourth-order valence-electron chi connectivity index (χ4n) is 2.12. The number of ether oxygens (including phenoxy) is 2. The molecular weight excluding hydrogens is 192 g/mol. The van der Waals surface area contributed by atoms with Gasteiger partial charge in [0, 0.05) is 39.0 Å². The quantitative estimate of drug-likeness (QED) is 0.649. The fraction of sp³-hybridized carbons (Fsp3) is 1.00. The number of nitrogens with one attached hydrogen (secondary N) is 1. The van der Waals surface area contributed by atoms with Gasteiger partial charge < -0.3 is 14.8 Å². The molecule has 0 aromatic rings. The van der Waals surface area contributed by atoms with Gasteiger partial charge in [-0.05, 0) is 26.9 Å². The molecule has 90 valence electrons. The number of methoxy groups -OCH3 is 1. The van der Waals surface area contributed by atoms with E-state index in [9.17, 15) is 0 Å². The summed E-state index contributed by atoms with van der Waals surface area (Å²) in [5, 5.41) is 3.37. The van der Waals surface area contributed by atoms with Crippen LogP contribution < -0.4 is 5.32 Å². The van der Waals surface area contributed by atoms with Crippen molar-refractivity contribution in [3.8, 4) is 0 Å². The highest BCUT2D eigenvalue weighted by Crippen LogP contribution is 2.13. The second-order valence-corrected chi connectivity index (χ2v) is 4.15. The standard InChI is InChI=1S/C11H24N2O2/c1-12-10-5-8-15-9-11(10)13(2)6-4-7-14-3/h10-12H,4-9H2,1-3H3. The SMILES string of the molecule is CNC1CCOCC1N(C)CCCOC. The molecule has 0 aromatic heterocycles. The lowest BCUT2D eigenvalue weighted by molar-refractivity contribution is 0.00576. The van der Waals surface area contributed by atoms with Gasteiger partial charge in [-0.3, -0.25) is 4.90 Å². The summed E-state index contributed by atoms with van der Waals surface area (Å²) in [5.74, 6) is 0. The van der Waals surface area contributed by atoms with Gasteiger partial charge in [0.1, 0.15) is 0 Å². The van der Waals surface area contributed by atoms with E-state index in [1.807, 2.05) is 7.05 Å². The molecule has 4 heteroatoms. The molecule has 0 saturated carbocycles. The van der Waals surface area contributed by atoms with Crippen LogP contribution in [0.1, 0.15) is 12.8 Å². The molecule has 1 heterocycles. The summed E-state index contributed by atoms with van der Waals surface area (Å²) in [6.45, 7) is 3.63. The first-order valence-electron chi connectivity index (χ1n) is 5.73. The molecule has 1 aliphatic rings. The minimum atomic E-state index is 0.501. The van der Waals surface area contributed by atoms with Gasteiger partial charge in [0.25, 0.3) is 0 Å². The molecule has 1 fully saturated rings. The first-order valence-corrected chi connectivity index (χ1v) is 5.73. The van der Waals surface area contributed by atoms with Crippen molar-refractivity contribution in [2.24, 2.45) is 0 Å². The molecule has 0 spiro atoms. The Morgan fingerprint density at radius 2 is 2.33 bits per heavy atom. The summed E-state index contributed by atoms with van der Waals surface area (Å²) < 4.78 is 10.6. The number of rotatable bonds is 6. The maximum absolute atomic E-state index is 5.53. The predicted octanol–water partition coefficient (Wildman–Crippen LogP) is 0.332. The third-order valence-electron chi connectivity index (χ3n) is 3.12. The Labute approximate surface area is 92.9 Å². The lowest BCUT2D eigenvalue weighted by atomic mass is 10.0. The zero-order valence-electron chi connectivity index (χ0n) is 10.2. The number of nitrogens with zero attached hydrogens (tertiary/aromatic N) is 1. The summed E-state index contributed by atoms with van der Waals surface area (Å²) in [5.41, 5.74) is 0. The van der Waals surface area contributed by atoms with Crippen molar-refractivity contribution >= 4 is 0 Å². The van der Waals surface area contributed by atoms with Gasteiger partial charge in [-0.25, -0.2) is 0 Å². The first-order chi connectivity index (χ1) is 7.29. The second-order valence-electron chi connectivity index (χ2n) is 4.15. The van der Waals surface area contributed by atoms with Crippen molar-refractivity contribution < 1.29 is 9.47 Å². The van der Waals surface area contributed by atoms with E-state index >= 15 is 0 Å². The molecule has 4 nitrogen and oxygen atoms in total. The van der Waals surface area contributed by atoms with Crippen LogP contribution in [0, 0.1) is 0 Å². The topological polar surface area (TPSA) is 33.7 Å². The van der Waals surface area contributed by atoms with Crippen molar-refractivity contribution in [2.45, 2.75) is 24.9 Å². The average Bonchev–Trinajstić information content (AvgIpc) is 2.29. The molecule has 1 saturated heterocycles. The van der Waals surface area contributed by atoms with E-state index in [0.29, 0.717) is 12.1 Å². The van der Waals surface area contributed by atoms with Crippen molar-refractivity contribution in [1.82, 2.24) is 10.2 Å². The third kappa shape index (κ3) is 4.07. The van der Waals surface area contributed by atoms with E-state index in [1.54, 1.807) is 7.11 Å². The average molecular weight is 216 g/mol. The monoisotopic (exact) mass is 216 g/mol. The maximum Gasteiger partial charge on any atom is 0.0636 e. The van der Waals surface area contributed by atoms with Gasteiger partial charge in [-0.2, -0.15) is 0 Å². The Hall–Kier alpha value is -0.160. The summed E-state index contributed by atoms with van der Waals surface area (Å²) in [4.78, 5) is 2.37. The van der Waals surface area contributed by atoms with Crippen molar-refractivity contribution in [3.05, 3.63) is 0 Å². The molecule has 1 N–H and O–H groups in total. The normalized spacial score (nSPS) is 27.2. The van der Waals surface area contributed by atoms with Gasteiger partial charge in [-0.15, -0.1) is 0 Å². The highest BCUT2D eigenvalue weighted by atomic mass is 16.5. The predicted molar refractivity (Wildman–Crippen MR) is 61.2 cm³/mol. The van der Waals surface area contributed by atoms with Crippen LogP contribution in [0.25, 0.3) is 0 Å². The van der Waals surface area contributed by atoms with Crippen LogP contribution in [0.4, 0.5) is 0 Å². The molecule has 2 unspecified atom stereocenters. The number of hydrogen-bond acceptors (Lipinski definition) is 4. The number of likely N-dealkylation sites (N-methyl/N-ethyl adjacent to an activating group) is 2. The molecule has 0 aromatic carbocycles.